The van der Waals surface area contributed by atoms with Gasteiger partial charge in [0.25, 0.3) is 5.91 Å². The molecule has 0 unspecified atom stereocenters. The minimum atomic E-state index is -1.15. The molecule has 1 amide bonds. The van der Waals surface area contributed by atoms with Gasteiger partial charge in [0, 0.05) is 0 Å². The average Bonchev–Trinajstić information content (AvgIpc) is 2.35. The van der Waals surface area contributed by atoms with Gasteiger partial charge in [-0.25, -0.2) is 4.79 Å². The number of aromatic carboxylic acids is 1. The van der Waals surface area contributed by atoms with Gasteiger partial charge in [-0.05, 0) is 18.1 Å². The molecule has 3 N–H and O–H groups in total. The van der Waals surface area contributed by atoms with Crippen LogP contribution in [0.5, 0.6) is 0 Å². The van der Waals surface area contributed by atoms with Gasteiger partial charge in [-0.2, -0.15) is 0 Å². The summed E-state index contributed by atoms with van der Waals surface area (Å²) in [5.74, 6) is -1.57. The lowest BCUT2D eigenvalue weighted by Gasteiger charge is -2.20. The van der Waals surface area contributed by atoms with Crippen LogP contribution in [0.25, 0.3) is 0 Å². The number of benzene rings is 1. The summed E-state index contributed by atoms with van der Waals surface area (Å²) in [6.45, 7) is 3.55. The molecule has 0 saturated carbocycles. The van der Waals surface area contributed by atoms with Gasteiger partial charge in [0.1, 0.15) is 0 Å². The van der Waals surface area contributed by atoms with Crippen molar-refractivity contribution in [3.8, 4) is 0 Å². The number of aliphatic hydroxyl groups excluding tert-OH is 1. The van der Waals surface area contributed by atoms with Crippen molar-refractivity contribution in [1.29, 1.82) is 0 Å². The van der Waals surface area contributed by atoms with Crippen LogP contribution in [-0.4, -0.2) is 34.7 Å². The largest absolute Gasteiger partial charge is 0.478 e. The van der Waals surface area contributed by atoms with Crippen molar-refractivity contribution >= 4 is 11.9 Å². The molecule has 0 spiro atoms. The Morgan fingerprint density at radius 3 is 2.22 bits per heavy atom. The Balaban J connectivity index is 2.94. The molecule has 5 heteroatoms. The summed E-state index contributed by atoms with van der Waals surface area (Å²) in [5, 5.41) is 20.8. The lowest BCUT2D eigenvalue weighted by Crippen LogP contribution is -2.41. The maximum absolute atomic E-state index is 12.0. The molecule has 0 aliphatic carbocycles. The molecule has 1 aromatic rings. The number of amides is 1. The smallest absolute Gasteiger partial charge is 0.336 e. The lowest BCUT2D eigenvalue weighted by atomic mass is 10.0. The number of carbonyl (C=O) groups is 2. The van der Waals surface area contributed by atoms with Crippen molar-refractivity contribution in [2.45, 2.75) is 19.9 Å². The second kappa shape index (κ2) is 6.16. The summed E-state index contributed by atoms with van der Waals surface area (Å²) >= 11 is 0. The first-order valence-electron chi connectivity index (χ1n) is 5.71. The normalized spacial score (nSPS) is 12.2. The predicted octanol–water partition coefficient (Wildman–Crippen LogP) is 1.13. The van der Waals surface area contributed by atoms with E-state index in [0.717, 1.165) is 0 Å². The molecule has 0 saturated heterocycles. The van der Waals surface area contributed by atoms with E-state index >= 15 is 0 Å². The summed E-state index contributed by atoms with van der Waals surface area (Å²) < 4.78 is 0. The van der Waals surface area contributed by atoms with E-state index in [-0.39, 0.29) is 29.7 Å². The molecule has 5 nitrogen and oxygen atoms in total. The summed E-state index contributed by atoms with van der Waals surface area (Å²) in [6, 6.07) is 5.60. The Morgan fingerprint density at radius 1 is 1.22 bits per heavy atom. The fourth-order valence-electron chi connectivity index (χ4n) is 1.54. The minimum absolute atomic E-state index is 0.0459. The molecule has 0 aromatic heterocycles. The number of rotatable bonds is 5. The molecule has 0 aliphatic heterocycles. The van der Waals surface area contributed by atoms with Crippen molar-refractivity contribution in [2.75, 3.05) is 6.61 Å². The Hall–Kier alpha value is -1.88. The number of hydrogen-bond donors (Lipinski definition) is 3. The Morgan fingerprint density at radius 2 is 1.78 bits per heavy atom. The highest BCUT2D eigenvalue weighted by atomic mass is 16.4. The highest BCUT2D eigenvalue weighted by molar-refractivity contribution is 6.04. The molecule has 0 radical (unpaired) electrons. The highest BCUT2D eigenvalue weighted by Crippen LogP contribution is 2.10. The van der Waals surface area contributed by atoms with Crippen molar-refractivity contribution in [3.05, 3.63) is 35.4 Å². The van der Waals surface area contributed by atoms with Gasteiger partial charge in [-0.1, -0.05) is 26.0 Å². The van der Waals surface area contributed by atoms with Crippen LogP contribution in [0.2, 0.25) is 0 Å². The zero-order valence-electron chi connectivity index (χ0n) is 10.4. The molecular weight excluding hydrogens is 234 g/mol. The number of carbonyl (C=O) groups excluding carboxylic acids is 1. The van der Waals surface area contributed by atoms with Gasteiger partial charge in [0.2, 0.25) is 0 Å². The first kappa shape index (κ1) is 14.2. The summed E-state index contributed by atoms with van der Waals surface area (Å²) in [6.07, 6.45) is 0. The number of carboxylic acids is 1. The number of carboxylic acid groups (broad SMARTS) is 1. The molecule has 1 atom stereocenters. The monoisotopic (exact) mass is 251 g/mol. The van der Waals surface area contributed by atoms with E-state index in [4.69, 9.17) is 10.2 Å². The van der Waals surface area contributed by atoms with Crippen molar-refractivity contribution < 1.29 is 19.8 Å². The maximum atomic E-state index is 12.0. The van der Waals surface area contributed by atoms with E-state index in [1.807, 2.05) is 13.8 Å². The van der Waals surface area contributed by atoms with Crippen LogP contribution in [0.15, 0.2) is 24.3 Å². The van der Waals surface area contributed by atoms with Gasteiger partial charge in [0.15, 0.2) is 0 Å². The molecule has 0 fully saturated rings. The minimum Gasteiger partial charge on any atom is -0.478 e. The van der Waals surface area contributed by atoms with E-state index in [1.54, 1.807) is 12.1 Å². The Bertz CT molecular complexity index is 442. The molecular formula is C13H17NO4. The Labute approximate surface area is 105 Å². The first-order chi connectivity index (χ1) is 8.47. The summed E-state index contributed by atoms with van der Waals surface area (Å²) in [7, 11) is 0. The third-order valence-corrected chi connectivity index (χ3v) is 2.72. The SMILES string of the molecule is CC(C)[C@@H](CO)NC(=O)c1ccccc1C(=O)O. The first-order valence-corrected chi connectivity index (χ1v) is 5.71. The van der Waals surface area contributed by atoms with Crippen LogP contribution in [0.4, 0.5) is 0 Å². The lowest BCUT2D eigenvalue weighted by molar-refractivity contribution is 0.0689. The zero-order valence-corrected chi connectivity index (χ0v) is 10.4. The van der Waals surface area contributed by atoms with Gasteiger partial charge in [-0.15, -0.1) is 0 Å². The second-order valence-corrected chi connectivity index (χ2v) is 4.36. The van der Waals surface area contributed by atoms with Crippen LogP contribution in [-0.2, 0) is 0 Å². The predicted molar refractivity (Wildman–Crippen MR) is 66.6 cm³/mol. The van der Waals surface area contributed by atoms with E-state index in [1.165, 1.54) is 12.1 Å². The second-order valence-electron chi connectivity index (χ2n) is 4.36. The molecule has 0 heterocycles. The van der Waals surface area contributed by atoms with Crippen LogP contribution in [0.3, 0.4) is 0 Å². The molecule has 18 heavy (non-hydrogen) atoms. The van der Waals surface area contributed by atoms with E-state index in [2.05, 4.69) is 5.32 Å². The van der Waals surface area contributed by atoms with Crippen LogP contribution in [0.1, 0.15) is 34.6 Å². The average molecular weight is 251 g/mol. The zero-order chi connectivity index (χ0) is 13.7. The molecule has 0 aliphatic rings. The van der Waals surface area contributed by atoms with E-state index in [0.29, 0.717) is 0 Å². The summed E-state index contributed by atoms with van der Waals surface area (Å²) in [4.78, 5) is 22.9. The van der Waals surface area contributed by atoms with Gasteiger partial charge in [0.05, 0.1) is 23.8 Å². The van der Waals surface area contributed by atoms with E-state index < -0.39 is 11.9 Å². The van der Waals surface area contributed by atoms with Crippen molar-refractivity contribution in [1.82, 2.24) is 5.32 Å². The fourth-order valence-corrected chi connectivity index (χ4v) is 1.54. The quantitative estimate of drug-likeness (QED) is 0.732. The fraction of sp³-hybridized carbons (Fsp3) is 0.385. The third-order valence-electron chi connectivity index (χ3n) is 2.72. The van der Waals surface area contributed by atoms with E-state index in [9.17, 15) is 9.59 Å². The number of aliphatic hydroxyl groups is 1. The molecule has 98 valence electrons. The van der Waals surface area contributed by atoms with Crippen molar-refractivity contribution in [2.24, 2.45) is 5.92 Å². The van der Waals surface area contributed by atoms with Crippen LogP contribution in [0, 0.1) is 5.92 Å². The third kappa shape index (κ3) is 3.30. The van der Waals surface area contributed by atoms with Crippen LogP contribution < -0.4 is 5.32 Å². The molecule has 1 aromatic carbocycles. The summed E-state index contributed by atoms with van der Waals surface area (Å²) in [5.41, 5.74) is 0.0551. The Kier molecular flexibility index (Phi) is 4.85. The maximum Gasteiger partial charge on any atom is 0.336 e. The van der Waals surface area contributed by atoms with Gasteiger partial charge in [-0.3, -0.25) is 4.79 Å². The number of nitrogens with one attached hydrogen (secondary N) is 1. The van der Waals surface area contributed by atoms with Gasteiger partial charge >= 0.3 is 5.97 Å². The number of hydrogen-bond acceptors (Lipinski definition) is 3. The van der Waals surface area contributed by atoms with Crippen molar-refractivity contribution in [3.63, 3.8) is 0 Å². The van der Waals surface area contributed by atoms with Gasteiger partial charge < -0.3 is 15.5 Å². The van der Waals surface area contributed by atoms with Crippen LogP contribution >= 0.6 is 0 Å². The molecule has 1 rings (SSSR count). The molecule has 0 bridgehead atoms. The highest BCUT2D eigenvalue weighted by Gasteiger charge is 2.20. The standard InChI is InChI=1S/C13H17NO4/c1-8(2)11(7-15)14-12(16)9-5-3-4-6-10(9)13(17)18/h3-6,8,11,15H,7H2,1-2H3,(H,14,16)(H,17,18)/t11-/m1/s1. The topological polar surface area (TPSA) is 86.6 Å².